The topological polar surface area (TPSA) is 91.1 Å². The largest absolute Gasteiger partial charge is 0.468 e. The summed E-state index contributed by atoms with van der Waals surface area (Å²) in [6, 6.07) is -0.432. The van der Waals surface area contributed by atoms with Crippen LogP contribution in [0.4, 0.5) is 0 Å². The molecule has 2 aliphatic heterocycles. The standard InChI is InChI=1S/C28H45NO6S/c1-18(2)7-8-19(3)26(31)29(20(4)9-10-21(5)30)23-17-24(36-25(23)27(32)33-6)22-11-13-28(14-12-22)34-15-16-35-28/h7-10,17-23,25-26,30-31H,11-16H2,1-6H3/p+1/b8-7+,10-9+. The van der Waals surface area contributed by atoms with E-state index in [0.717, 1.165) is 25.7 Å². The molecule has 6 unspecified atom stereocenters. The number of nitrogens with zero attached hydrogens (tertiary/aromatic N) is 1. The van der Waals surface area contributed by atoms with Crippen molar-refractivity contribution in [2.75, 3.05) is 20.3 Å². The molecule has 3 aliphatic rings. The molecule has 1 saturated carbocycles. The van der Waals surface area contributed by atoms with Crippen molar-refractivity contribution in [2.45, 2.75) is 95.8 Å². The molecule has 3 rings (SSSR count). The zero-order chi connectivity index (χ0) is 26.5. The van der Waals surface area contributed by atoms with Crippen LogP contribution < -0.4 is 0 Å². The van der Waals surface area contributed by atoms with Crippen LogP contribution in [0.25, 0.3) is 0 Å². The van der Waals surface area contributed by atoms with Crippen LogP contribution in [0.1, 0.15) is 60.3 Å². The van der Waals surface area contributed by atoms with Crippen LogP contribution >= 0.6 is 11.8 Å². The minimum Gasteiger partial charge on any atom is -0.468 e. The van der Waals surface area contributed by atoms with Crippen LogP contribution in [0.3, 0.4) is 0 Å². The van der Waals surface area contributed by atoms with Crippen molar-refractivity contribution in [3.8, 4) is 0 Å². The van der Waals surface area contributed by atoms with Crippen molar-refractivity contribution in [1.29, 1.82) is 0 Å². The highest BCUT2D eigenvalue weighted by Crippen LogP contribution is 2.48. The lowest BCUT2D eigenvalue weighted by atomic mass is 9.84. The van der Waals surface area contributed by atoms with E-state index < -0.39 is 23.4 Å². The van der Waals surface area contributed by atoms with Gasteiger partial charge in [0.15, 0.2) is 5.79 Å². The number of aliphatic hydroxyl groups is 1. The summed E-state index contributed by atoms with van der Waals surface area (Å²) >= 11 is 1.59. The van der Waals surface area contributed by atoms with Crippen molar-refractivity contribution < 1.29 is 29.2 Å². The number of hydrogen-bond acceptors (Lipinski definition) is 7. The summed E-state index contributed by atoms with van der Waals surface area (Å²) in [5, 5.41) is 18.6. The lowest BCUT2D eigenvalue weighted by molar-refractivity contribution is -0.180. The third-order valence-corrected chi connectivity index (χ3v) is 8.87. The Kier molecular flexibility index (Phi) is 10.7. The van der Waals surface area contributed by atoms with Crippen LogP contribution in [0.2, 0.25) is 0 Å². The molecule has 0 aromatic heterocycles. The number of methoxy groups -OCH3 is 1. The Hall–Kier alpha value is -1.16. The second-order valence-corrected chi connectivity index (χ2v) is 12.0. The SMILES string of the molecule is COC(=O)C1SC(C2CCC3(CC2)OCCO3)=CC1N(C(C)/C=C/C(C)O)C([OH2+])C(C)/C=C/C(C)C. The number of rotatable bonds is 10. The maximum absolute atomic E-state index is 13.0. The molecule has 2 fully saturated rings. The lowest BCUT2D eigenvalue weighted by Crippen LogP contribution is -2.53. The van der Waals surface area contributed by atoms with Gasteiger partial charge in [-0.1, -0.05) is 44.2 Å². The zero-order valence-electron chi connectivity index (χ0n) is 22.7. The molecular formula is C28H46NO6S+. The van der Waals surface area contributed by atoms with E-state index in [-0.39, 0.29) is 24.0 Å². The molecule has 0 radical (unpaired) electrons. The first-order valence-corrected chi connectivity index (χ1v) is 14.2. The third kappa shape index (κ3) is 7.23. The van der Waals surface area contributed by atoms with Crippen LogP contribution in [-0.4, -0.2) is 76.9 Å². The van der Waals surface area contributed by atoms with Gasteiger partial charge in [-0.3, -0.25) is 4.79 Å². The molecule has 6 atom stereocenters. The highest BCUT2D eigenvalue weighted by Gasteiger charge is 2.47. The van der Waals surface area contributed by atoms with E-state index in [9.17, 15) is 15.0 Å². The smallest absolute Gasteiger partial charge is 0.321 e. The molecule has 1 saturated heterocycles. The first kappa shape index (κ1) is 29.4. The van der Waals surface area contributed by atoms with Gasteiger partial charge in [0.05, 0.1) is 38.4 Å². The molecule has 36 heavy (non-hydrogen) atoms. The highest BCUT2D eigenvalue weighted by atomic mass is 32.2. The number of allylic oxidation sites excluding steroid dienone is 2. The minimum atomic E-state index is -0.577. The van der Waals surface area contributed by atoms with Gasteiger partial charge in [-0.15, -0.1) is 11.8 Å². The average molecular weight is 525 g/mol. The minimum absolute atomic E-state index is 0.0400. The molecule has 8 heteroatoms. The molecule has 1 aliphatic carbocycles. The van der Waals surface area contributed by atoms with Crippen LogP contribution in [0.5, 0.6) is 0 Å². The number of aliphatic hydroxyl groups excluding tert-OH is 1. The molecular weight excluding hydrogens is 478 g/mol. The van der Waals surface area contributed by atoms with E-state index >= 15 is 0 Å². The summed E-state index contributed by atoms with van der Waals surface area (Å²) in [5.41, 5.74) is 0. The summed E-state index contributed by atoms with van der Waals surface area (Å²) in [5.74, 6) is 0.0257. The molecule has 0 bridgehead atoms. The Balaban J connectivity index is 1.89. The van der Waals surface area contributed by atoms with Gasteiger partial charge in [-0.05, 0) is 50.4 Å². The third-order valence-electron chi connectivity index (χ3n) is 7.41. The van der Waals surface area contributed by atoms with E-state index in [1.165, 1.54) is 12.0 Å². The van der Waals surface area contributed by atoms with Crippen molar-refractivity contribution in [3.63, 3.8) is 0 Å². The van der Waals surface area contributed by atoms with E-state index in [1.807, 2.05) is 13.0 Å². The van der Waals surface area contributed by atoms with Gasteiger partial charge in [-0.2, -0.15) is 0 Å². The second-order valence-electron chi connectivity index (χ2n) is 10.7. The van der Waals surface area contributed by atoms with Gasteiger partial charge >= 0.3 is 5.97 Å². The number of esters is 1. The maximum Gasteiger partial charge on any atom is 0.321 e. The molecule has 0 aromatic carbocycles. The summed E-state index contributed by atoms with van der Waals surface area (Å²) in [4.78, 5) is 16.3. The lowest BCUT2D eigenvalue weighted by Gasteiger charge is -2.37. The van der Waals surface area contributed by atoms with Gasteiger partial charge < -0.3 is 24.4 Å². The van der Waals surface area contributed by atoms with Crippen LogP contribution in [0.15, 0.2) is 35.3 Å². The second kappa shape index (κ2) is 13.1. The summed E-state index contributed by atoms with van der Waals surface area (Å²) in [6.07, 6.45) is 12.6. The fraction of sp³-hybridized carbons (Fsp3) is 0.750. The van der Waals surface area contributed by atoms with Crippen molar-refractivity contribution in [1.82, 2.24) is 4.90 Å². The maximum atomic E-state index is 13.0. The molecule has 7 nitrogen and oxygen atoms in total. The van der Waals surface area contributed by atoms with Crippen molar-refractivity contribution in [3.05, 3.63) is 35.3 Å². The number of hydrogen-bond donors (Lipinski definition) is 1. The van der Waals surface area contributed by atoms with E-state index in [1.54, 1.807) is 24.8 Å². The first-order valence-electron chi connectivity index (χ1n) is 13.3. The van der Waals surface area contributed by atoms with Gasteiger partial charge in [-0.25, -0.2) is 4.90 Å². The Morgan fingerprint density at radius 3 is 2.33 bits per heavy atom. The van der Waals surface area contributed by atoms with E-state index in [0.29, 0.717) is 25.0 Å². The zero-order valence-corrected chi connectivity index (χ0v) is 23.5. The van der Waals surface area contributed by atoms with E-state index in [4.69, 9.17) is 14.2 Å². The molecule has 0 amide bonds. The fourth-order valence-corrected chi connectivity index (χ4v) is 6.81. The summed E-state index contributed by atoms with van der Waals surface area (Å²) < 4.78 is 17.1. The Morgan fingerprint density at radius 1 is 1.14 bits per heavy atom. The van der Waals surface area contributed by atoms with Gasteiger partial charge in [0.25, 0.3) is 0 Å². The predicted molar refractivity (Wildman–Crippen MR) is 145 cm³/mol. The normalized spacial score (nSPS) is 28.3. The Labute approximate surface area is 220 Å². The molecule has 2 heterocycles. The Bertz CT molecular complexity index is 809. The molecule has 3 N–H and O–H groups in total. The summed E-state index contributed by atoms with van der Waals surface area (Å²) in [6.45, 7) is 11.4. The average Bonchev–Trinajstić information content (AvgIpc) is 3.49. The van der Waals surface area contributed by atoms with Crippen molar-refractivity contribution in [2.24, 2.45) is 17.8 Å². The number of carbonyl (C=O) groups excluding carboxylic acids is 1. The monoisotopic (exact) mass is 524 g/mol. The highest BCUT2D eigenvalue weighted by molar-refractivity contribution is 8.04. The predicted octanol–water partition coefficient (Wildman–Crippen LogP) is 3.99. The molecule has 204 valence electrons. The number of ether oxygens (including phenoxy) is 3. The van der Waals surface area contributed by atoms with Crippen LogP contribution in [-0.2, 0) is 19.0 Å². The molecule has 0 aromatic rings. The Morgan fingerprint density at radius 2 is 1.78 bits per heavy atom. The van der Waals surface area contributed by atoms with Gasteiger partial charge in [0.1, 0.15) is 5.25 Å². The van der Waals surface area contributed by atoms with Gasteiger partial charge in [0.2, 0.25) is 6.23 Å². The van der Waals surface area contributed by atoms with Crippen LogP contribution in [0, 0.1) is 17.8 Å². The van der Waals surface area contributed by atoms with E-state index in [2.05, 4.69) is 43.9 Å². The quantitative estimate of drug-likeness (QED) is 0.200. The van der Waals surface area contributed by atoms with Gasteiger partial charge in [0, 0.05) is 18.9 Å². The molecule has 1 spiro atoms. The number of thioether (sulfide) groups is 1. The number of carbonyl (C=O) groups is 1. The van der Waals surface area contributed by atoms with Crippen molar-refractivity contribution >= 4 is 17.7 Å². The summed E-state index contributed by atoms with van der Waals surface area (Å²) in [7, 11) is 1.43. The first-order chi connectivity index (χ1) is 17.1. The fourth-order valence-electron chi connectivity index (χ4n) is 5.32.